The number of nitrogens with two attached hydrogens (primary N) is 1. The number of aliphatic imine (C=N–C) groups is 1. The van der Waals surface area contributed by atoms with Crippen LogP contribution < -0.4 is 16.4 Å². The Hall–Kier alpha value is -3.79. The van der Waals surface area contributed by atoms with Crippen molar-refractivity contribution in [2.45, 2.75) is 25.7 Å². The molecule has 0 fully saturated rings. The van der Waals surface area contributed by atoms with Crippen LogP contribution in [-0.2, 0) is 6.42 Å². The number of aryl methyl sites for hydroxylation is 1. The van der Waals surface area contributed by atoms with E-state index in [2.05, 4.69) is 58.0 Å². The Labute approximate surface area is 183 Å². The number of nitrogens with one attached hydrogen (secondary N) is 2. The molecule has 7 nitrogen and oxygen atoms in total. The van der Waals surface area contributed by atoms with E-state index in [9.17, 15) is 5.26 Å². The second-order valence-corrected chi connectivity index (χ2v) is 7.36. The zero-order valence-electron chi connectivity index (χ0n) is 18.0. The van der Waals surface area contributed by atoms with E-state index in [1.54, 1.807) is 11.7 Å². The molecule has 4 N–H and O–H groups in total. The van der Waals surface area contributed by atoms with E-state index < -0.39 is 0 Å². The van der Waals surface area contributed by atoms with Crippen molar-refractivity contribution >= 4 is 11.8 Å². The van der Waals surface area contributed by atoms with Crippen molar-refractivity contribution in [1.82, 2.24) is 20.4 Å². The molecule has 31 heavy (non-hydrogen) atoms. The zero-order valence-corrected chi connectivity index (χ0v) is 18.0. The normalized spacial score (nSPS) is 12.2. The average molecular weight is 416 g/mol. The topological polar surface area (TPSA) is 104 Å². The fourth-order valence-electron chi connectivity index (χ4n) is 3.37. The molecule has 0 aliphatic rings. The first-order chi connectivity index (χ1) is 15.1. The summed E-state index contributed by atoms with van der Waals surface area (Å²) in [5.41, 5.74) is 9.47. The van der Waals surface area contributed by atoms with Crippen molar-refractivity contribution < 1.29 is 0 Å². The zero-order chi connectivity index (χ0) is 22.1. The Morgan fingerprint density at radius 1 is 1.13 bits per heavy atom. The molecule has 0 bridgehead atoms. The van der Waals surface area contributed by atoms with Gasteiger partial charge in [-0.25, -0.2) is 4.68 Å². The third-order valence-corrected chi connectivity index (χ3v) is 5.16. The molecule has 0 radical (unpaired) electrons. The van der Waals surface area contributed by atoms with E-state index in [1.165, 1.54) is 5.56 Å². The molecular weight excluding hydrogens is 386 g/mol. The lowest BCUT2D eigenvalue weighted by Crippen LogP contribution is -2.39. The molecule has 1 heterocycles. The van der Waals surface area contributed by atoms with E-state index in [0.717, 1.165) is 24.6 Å². The van der Waals surface area contributed by atoms with Crippen LogP contribution in [0.1, 0.15) is 36.1 Å². The fourth-order valence-corrected chi connectivity index (χ4v) is 3.37. The molecule has 0 saturated carbocycles. The minimum absolute atomic E-state index is 0.378. The van der Waals surface area contributed by atoms with Crippen LogP contribution in [0.2, 0.25) is 0 Å². The van der Waals surface area contributed by atoms with Gasteiger partial charge in [0.1, 0.15) is 17.5 Å². The third-order valence-electron chi connectivity index (χ3n) is 5.16. The van der Waals surface area contributed by atoms with Crippen LogP contribution in [0.4, 0.5) is 5.82 Å². The van der Waals surface area contributed by atoms with Crippen molar-refractivity contribution in [3.63, 3.8) is 0 Å². The number of hydrogen-bond donors (Lipinski definition) is 3. The van der Waals surface area contributed by atoms with E-state index in [0.29, 0.717) is 36.0 Å². The number of nitrogen functional groups attached to an aromatic ring is 1. The Kier molecular flexibility index (Phi) is 7.66. The van der Waals surface area contributed by atoms with Gasteiger partial charge in [0.2, 0.25) is 0 Å². The first-order valence-electron chi connectivity index (χ1n) is 10.5. The molecule has 160 valence electrons. The van der Waals surface area contributed by atoms with Gasteiger partial charge in [0, 0.05) is 20.1 Å². The third kappa shape index (κ3) is 5.64. The van der Waals surface area contributed by atoms with Gasteiger partial charge in [-0.05, 0) is 36.5 Å². The maximum Gasteiger partial charge on any atom is 0.190 e. The molecule has 3 rings (SSSR count). The molecule has 2 aromatic carbocycles. The van der Waals surface area contributed by atoms with Gasteiger partial charge in [-0.15, -0.1) is 0 Å². The predicted octanol–water partition coefficient (Wildman–Crippen LogP) is 3.23. The van der Waals surface area contributed by atoms with E-state index in [1.807, 2.05) is 36.4 Å². The number of anilines is 1. The molecule has 7 heteroatoms. The summed E-state index contributed by atoms with van der Waals surface area (Å²) in [7, 11) is 1.76. The molecule has 0 aliphatic heterocycles. The molecule has 0 aliphatic carbocycles. The number of benzene rings is 2. The number of aromatic nitrogens is 2. The van der Waals surface area contributed by atoms with Crippen LogP contribution in [0.5, 0.6) is 0 Å². The van der Waals surface area contributed by atoms with Crippen LogP contribution in [0, 0.1) is 11.3 Å². The first kappa shape index (κ1) is 21.9. The molecule has 1 aromatic heterocycles. The quantitative estimate of drug-likeness (QED) is 0.298. The van der Waals surface area contributed by atoms with E-state index in [4.69, 9.17) is 5.73 Å². The molecule has 1 atom stereocenters. The maximum absolute atomic E-state index is 9.53. The molecule has 0 spiro atoms. The first-order valence-corrected chi connectivity index (χ1v) is 10.5. The Morgan fingerprint density at radius 3 is 2.45 bits per heavy atom. The molecular formula is C24H29N7. The van der Waals surface area contributed by atoms with Crippen LogP contribution in [0.15, 0.2) is 65.7 Å². The summed E-state index contributed by atoms with van der Waals surface area (Å²) in [5.74, 6) is 1.52. The molecule has 0 saturated heterocycles. The fraction of sp³-hybridized carbons (Fsp3) is 0.292. The summed E-state index contributed by atoms with van der Waals surface area (Å²) >= 11 is 0. The van der Waals surface area contributed by atoms with Crippen molar-refractivity contribution in [3.8, 4) is 11.8 Å². The standard InChI is InChI=1S/C24H29N7/c1-18(19-10-5-3-6-11-19)17-29-24(27-2)28-15-9-14-22-21(16-25)23(26)31(30-22)20-12-7-4-8-13-20/h3-8,10-13,18H,9,14-15,17,26H2,1-2H3,(H2,27,28,29). The SMILES string of the molecule is CN=C(NCCCc1nn(-c2ccccc2)c(N)c1C#N)NCC(C)c1ccccc1. The van der Waals surface area contributed by atoms with Crippen molar-refractivity contribution in [3.05, 3.63) is 77.5 Å². The van der Waals surface area contributed by atoms with Gasteiger partial charge >= 0.3 is 0 Å². The summed E-state index contributed by atoms with van der Waals surface area (Å²) in [6.07, 6.45) is 1.45. The summed E-state index contributed by atoms with van der Waals surface area (Å²) in [6.45, 7) is 3.69. The van der Waals surface area contributed by atoms with Gasteiger partial charge < -0.3 is 16.4 Å². The minimum atomic E-state index is 0.378. The van der Waals surface area contributed by atoms with Gasteiger partial charge in [0.05, 0.1) is 11.4 Å². The van der Waals surface area contributed by atoms with Crippen LogP contribution >= 0.6 is 0 Å². The molecule has 1 unspecified atom stereocenters. The maximum atomic E-state index is 9.53. The van der Waals surface area contributed by atoms with Crippen LogP contribution in [0.3, 0.4) is 0 Å². The second kappa shape index (κ2) is 10.8. The van der Waals surface area contributed by atoms with Crippen molar-refractivity contribution in [1.29, 1.82) is 5.26 Å². The predicted molar refractivity (Wildman–Crippen MR) is 125 cm³/mol. The highest BCUT2D eigenvalue weighted by Gasteiger charge is 2.16. The molecule has 0 amide bonds. The summed E-state index contributed by atoms with van der Waals surface area (Å²) in [6, 6.07) is 22.2. The molecule has 3 aromatic rings. The van der Waals surface area contributed by atoms with Gasteiger partial charge in [0.15, 0.2) is 5.96 Å². The highest BCUT2D eigenvalue weighted by atomic mass is 15.3. The van der Waals surface area contributed by atoms with E-state index in [-0.39, 0.29) is 0 Å². The number of guanidine groups is 1. The number of nitrogens with zero attached hydrogens (tertiary/aromatic N) is 4. The number of nitriles is 1. The lowest BCUT2D eigenvalue weighted by Gasteiger charge is -2.16. The van der Waals surface area contributed by atoms with Crippen molar-refractivity contribution in [2.75, 3.05) is 25.9 Å². The Balaban J connectivity index is 1.51. The lowest BCUT2D eigenvalue weighted by molar-refractivity contribution is 0.684. The monoisotopic (exact) mass is 415 g/mol. The van der Waals surface area contributed by atoms with Gasteiger partial charge in [-0.3, -0.25) is 4.99 Å². The highest BCUT2D eigenvalue weighted by Crippen LogP contribution is 2.21. The number of para-hydroxylation sites is 1. The highest BCUT2D eigenvalue weighted by molar-refractivity contribution is 5.79. The average Bonchev–Trinajstić information content (AvgIpc) is 3.14. The van der Waals surface area contributed by atoms with Gasteiger partial charge in [-0.1, -0.05) is 55.5 Å². The Bertz CT molecular complexity index is 1030. The number of hydrogen-bond acceptors (Lipinski definition) is 4. The Morgan fingerprint density at radius 2 is 1.81 bits per heavy atom. The van der Waals surface area contributed by atoms with Crippen molar-refractivity contribution in [2.24, 2.45) is 4.99 Å². The van der Waals surface area contributed by atoms with Gasteiger partial charge in [-0.2, -0.15) is 10.4 Å². The summed E-state index contributed by atoms with van der Waals surface area (Å²) < 4.78 is 1.63. The largest absolute Gasteiger partial charge is 0.382 e. The minimum Gasteiger partial charge on any atom is -0.382 e. The van der Waals surface area contributed by atoms with Crippen LogP contribution in [0.25, 0.3) is 5.69 Å². The summed E-state index contributed by atoms with van der Waals surface area (Å²) in [5, 5.41) is 20.8. The van der Waals surface area contributed by atoms with Gasteiger partial charge in [0.25, 0.3) is 0 Å². The number of rotatable bonds is 8. The summed E-state index contributed by atoms with van der Waals surface area (Å²) in [4.78, 5) is 4.29. The second-order valence-electron chi connectivity index (χ2n) is 7.36. The van der Waals surface area contributed by atoms with E-state index >= 15 is 0 Å². The lowest BCUT2D eigenvalue weighted by atomic mass is 10.0. The van der Waals surface area contributed by atoms with Crippen LogP contribution in [-0.4, -0.2) is 35.9 Å². The smallest absolute Gasteiger partial charge is 0.190 e.